The lowest BCUT2D eigenvalue weighted by Crippen LogP contribution is -2.14. The Hall–Kier alpha value is 0.217. The van der Waals surface area contributed by atoms with Crippen LogP contribution in [0, 0.1) is 5.92 Å². The van der Waals surface area contributed by atoms with Crippen molar-refractivity contribution in [2.45, 2.75) is 65.1 Å². The van der Waals surface area contributed by atoms with E-state index < -0.39 is 0 Å². The third-order valence-electron chi connectivity index (χ3n) is 2.47. The average Bonchev–Trinajstić information content (AvgIpc) is 2.00. The summed E-state index contributed by atoms with van der Waals surface area (Å²) in [5.74, 6) is 0.949. The Kier molecular flexibility index (Phi) is 7.99. The summed E-state index contributed by atoms with van der Waals surface area (Å²) in [6.45, 7) is 9.41. The van der Waals surface area contributed by atoms with E-state index in [1.54, 1.807) is 18.1 Å². The molecule has 0 spiro atoms. The van der Waals surface area contributed by atoms with Gasteiger partial charge in [-0.3, -0.25) is 0 Å². The van der Waals surface area contributed by atoms with Crippen LogP contribution in [0.2, 0.25) is 18.1 Å². The zero-order valence-electron chi connectivity index (χ0n) is 9.40. The minimum Gasteiger partial charge on any atom is -0.0657 e. The molecule has 0 aliphatic heterocycles. The SMILES string of the molecule is CCCC[SiH](CCC)CC(C)C. The van der Waals surface area contributed by atoms with Crippen LogP contribution < -0.4 is 0 Å². The summed E-state index contributed by atoms with van der Waals surface area (Å²) in [4.78, 5) is 0. The third kappa shape index (κ3) is 6.90. The molecule has 0 rings (SSSR count). The minimum absolute atomic E-state index is 0.309. The molecule has 0 N–H and O–H groups in total. The Balaban J connectivity index is 3.54. The van der Waals surface area contributed by atoms with Crippen molar-refractivity contribution in [2.24, 2.45) is 5.92 Å². The first-order valence-corrected chi connectivity index (χ1v) is 8.15. The maximum atomic E-state index is 2.38. The summed E-state index contributed by atoms with van der Waals surface area (Å²) < 4.78 is 0. The molecule has 0 fully saturated rings. The van der Waals surface area contributed by atoms with Crippen molar-refractivity contribution >= 4 is 8.80 Å². The lowest BCUT2D eigenvalue weighted by Gasteiger charge is -2.15. The van der Waals surface area contributed by atoms with Gasteiger partial charge in [-0.1, -0.05) is 65.1 Å². The zero-order valence-corrected chi connectivity index (χ0v) is 10.6. The van der Waals surface area contributed by atoms with Crippen molar-refractivity contribution in [1.82, 2.24) is 0 Å². The van der Waals surface area contributed by atoms with Gasteiger partial charge in [0.1, 0.15) is 0 Å². The van der Waals surface area contributed by atoms with Crippen LogP contribution >= 0.6 is 0 Å². The van der Waals surface area contributed by atoms with Gasteiger partial charge in [0.15, 0.2) is 0 Å². The van der Waals surface area contributed by atoms with Gasteiger partial charge in [0.25, 0.3) is 0 Å². The Bertz CT molecular complexity index is 89.0. The summed E-state index contributed by atoms with van der Waals surface area (Å²) in [6.07, 6.45) is 4.31. The quantitative estimate of drug-likeness (QED) is 0.526. The van der Waals surface area contributed by atoms with E-state index in [0.717, 1.165) is 5.92 Å². The van der Waals surface area contributed by atoms with Crippen molar-refractivity contribution in [3.63, 3.8) is 0 Å². The predicted molar refractivity (Wildman–Crippen MR) is 61.6 cm³/mol. The molecule has 1 atom stereocenters. The van der Waals surface area contributed by atoms with Crippen LogP contribution in [0.25, 0.3) is 0 Å². The van der Waals surface area contributed by atoms with Crippen molar-refractivity contribution in [2.75, 3.05) is 0 Å². The first kappa shape index (κ1) is 12.2. The number of hydrogen-bond donors (Lipinski definition) is 0. The highest BCUT2D eigenvalue weighted by atomic mass is 28.3. The average molecular weight is 186 g/mol. The maximum Gasteiger partial charge on any atom is 0.0370 e. The molecular formula is C11H26Si. The van der Waals surface area contributed by atoms with Gasteiger partial charge in [0, 0.05) is 8.80 Å². The molecule has 0 aromatic rings. The van der Waals surface area contributed by atoms with Gasteiger partial charge in [-0.25, -0.2) is 0 Å². The number of unbranched alkanes of at least 4 members (excludes halogenated alkanes) is 1. The van der Waals surface area contributed by atoms with E-state index >= 15 is 0 Å². The van der Waals surface area contributed by atoms with E-state index in [-0.39, 0.29) is 8.80 Å². The molecule has 0 saturated heterocycles. The number of rotatable bonds is 7. The molecule has 0 radical (unpaired) electrons. The van der Waals surface area contributed by atoms with E-state index in [4.69, 9.17) is 0 Å². The Morgan fingerprint density at radius 2 is 1.67 bits per heavy atom. The second-order valence-electron chi connectivity index (χ2n) is 4.43. The fourth-order valence-electron chi connectivity index (χ4n) is 1.95. The van der Waals surface area contributed by atoms with E-state index in [1.807, 2.05) is 0 Å². The van der Waals surface area contributed by atoms with Crippen molar-refractivity contribution in [1.29, 1.82) is 0 Å². The smallest absolute Gasteiger partial charge is 0.0370 e. The molecule has 0 heterocycles. The lowest BCUT2D eigenvalue weighted by atomic mass is 10.3. The molecule has 0 bridgehead atoms. The summed E-state index contributed by atoms with van der Waals surface area (Å²) in [7, 11) is -0.309. The van der Waals surface area contributed by atoms with Gasteiger partial charge in [0.2, 0.25) is 0 Å². The minimum atomic E-state index is -0.309. The predicted octanol–water partition coefficient (Wildman–Crippen LogP) is 4.08. The summed E-state index contributed by atoms with van der Waals surface area (Å²) in [5.41, 5.74) is 0. The van der Waals surface area contributed by atoms with Crippen LogP contribution in [0.15, 0.2) is 0 Å². The van der Waals surface area contributed by atoms with Crippen LogP contribution in [0.3, 0.4) is 0 Å². The molecule has 1 heteroatoms. The highest BCUT2D eigenvalue weighted by Crippen LogP contribution is 2.16. The van der Waals surface area contributed by atoms with Crippen LogP contribution in [-0.4, -0.2) is 8.80 Å². The van der Waals surface area contributed by atoms with Gasteiger partial charge < -0.3 is 0 Å². The first-order chi connectivity index (χ1) is 5.70. The van der Waals surface area contributed by atoms with E-state index in [0.29, 0.717) is 0 Å². The molecule has 0 aliphatic carbocycles. The summed E-state index contributed by atoms with van der Waals surface area (Å²) in [5, 5.41) is 0. The first-order valence-electron chi connectivity index (χ1n) is 5.70. The summed E-state index contributed by atoms with van der Waals surface area (Å²) in [6, 6.07) is 4.76. The fourth-order valence-corrected chi connectivity index (χ4v) is 5.84. The van der Waals surface area contributed by atoms with Gasteiger partial charge in [-0.2, -0.15) is 0 Å². The zero-order chi connectivity index (χ0) is 9.40. The Morgan fingerprint density at radius 3 is 2.08 bits per heavy atom. The van der Waals surface area contributed by atoms with Crippen LogP contribution in [0.4, 0.5) is 0 Å². The van der Waals surface area contributed by atoms with Crippen molar-refractivity contribution < 1.29 is 0 Å². The molecule has 0 saturated carbocycles. The van der Waals surface area contributed by atoms with Gasteiger partial charge in [-0.15, -0.1) is 0 Å². The summed E-state index contributed by atoms with van der Waals surface area (Å²) >= 11 is 0. The fraction of sp³-hybridized carbons (Fsp3) is 1.00. The Morgan fingerprint density at radius 1 is 1.00 bits per heavy atom. The van der Waals surface area contributed by atoms with Crippen LogP contribution in [-0.2, 0) is 0 Å². The van der Waals surface area contributed by atoms with E-state index in [1.165, 1.54) is 19.3 Å². The molecular weight excluding hydrogens is 160 g/mol. The van der Waals surface area contributed by atoms with E-state index in [2.05, 4.69) is 27.7 Å². The molecule has 74 valence electrons. The number of hydrogen-bond acceptors (Lipinski definition) is 0. The lowest BCUT2D eigenvalue weighted by molar-refractivity contribution is 0.714. The molecule has 12 heavy (non-hydrogen) atoms. The van der Waals surface area contributed by atoms with Gasteiger partial charge >= 0.3 is 0 Å². The third-order valence-corrected chi connectivity index (χ3v) is 6.70. The maximum absolute atomic E-state index is 2.38. The topological polar surface area (TPSA) is 0 Å². The molecule has 0 nitrogen and oxygen atoms in total. The molecule has 0 aliphatic rings. The molecule has 1 unspecified atom stereocenters. The van der Waals surface area contributed by atoms with Gasteiger partial charge in [0.05, 0.1) is 0 Å². The van der Waals surface area contributed by atoms with E-state index in [9.17, 15) is 0 Å². The monoisotopic (exact) mass is 186 g/mol. The molecule has 0 aromatic heterocycles. The Labute approximate surface area is 80.4 Å². The standard InChI is InChI=1S/C11H26Si/c1-5-7-9-12(8-6-2)10-11(3)4/h11-12H,5-10H2,1-4H3. The largest absolute Gasteiger partial charge is 0.0657 e. The molecule has 0 amide bonds. The van der Waals surface area contributed by atoms with Gasteiger partial charge in [-0.05, 0) is 5.92 Å². The van der Waals surface area contributed by atoms with Crippen LogP contribution in [0.5, 0.6) is 0 Å². The highest BCUT2D eigenvalue weighted by Gasteiger charge is 2.10. The van der Waals surface area contributed by atoms with Crippen molar-refractivity contribution in [3.8, 4) is 0 Å². The highest BCUT2D eigenvalue weighted by molar-refractivity contribution is 6.58. The second kappa shape index (κ2) is 7.84. The molecule has 0 aromatic carbocycles. The van der Waals surface area contributed by atoms with Crippen molar-refractivity contribution in [3.05, 3.63) is 0 Å². The normalized spacial score (nSPS) is 13.8. The second-order valence-corrected chi connectivity index (χ2v) is 7.78. The van der Waals surface area contributed by atoms with Crippen LogP contribution in [0.1, 0.15) is 47.0 Å².